The average molecular weight is 286 g/mol. The molecule has 0 aliphatic carbocycles. The fraction of sp³-hybridized carbons (Fsp3) is 0.500. The van der Waals surface area contributed by atoms with Crippen molar-refractivity contribution in [3.8, 4) is 0 Å². The minimum atomic E-state index is -3.27. The van der Waals surface area contributed by atoms with Crippen molar-refractivity contribution in [3.05, 3.63) is 35.9 Å². The standard InChI is InChI=1S/C14H20F2N2O2/c1-13(2,3)20-12(19)18-11(14(15,16)9-17)10-7-5-4-6-8-10/h4-8,11H,9,17H2,1-3H3,(H,18,19). The van der Waals surface area contributed by atoms with E-state index in [1.165, 1.54) is 12.1 Å². The third-order valence-corrected chi connectivity index (χ3v) is 2.49. The number of carbonyl (C=O) groups is 1. The Hall–Kier alpha value is -1.69. The van der Waals surface area contributed by atoms with Gasteiger partial charge in [0.05, 0.1) is 6.54 Å². The fourth-order valence-corrected chi connectivity index (χ4v) is 1.62. The zero-order chi connectivity index (χ0) is 15.4. The first kappa shape index (κ1) is 16.4. The van der Waals surface area contributed by atoms with Gasteiger partial charge in [-0.2, -0.15) is 0 Å². The molecule has 20 heavy (non-hydrogen) atoms. The van der Waals surface area contributed by atoms with Gasteiger partial charge in [0.2, 0.25) is 0 Å². The summed E-state index contributed by atoms with van der Waals surface area (Å²) in [6.07, 6.45) is -0.903. The Labute approximate surface area is 117 Å². The highest BCUT2D eigenvalue weighted by atomic mass is 19.3. The van der Waals surface area contributed by atoms with Crippen LogP contribution in [0.5, 0.6) is 0 Å². The van der Waals surface area contributed by atoms with E-state index in [4.69, 9.17) is 10.5 Å². The van der Waals surface area contributed by atoms with Crippen LogP contribution in [0.2, 0.25) is 0 Å². The topological polar surface area (TPSA) is 64.3 Å². The first-order valence-electron chi connectivity index (χ1n) is 6.28. The van der Waals surface area contributed by atoms with E-state index in [9.17, 15) is 13.6 Å². The van der Waals surface area contributed by atoms with E-state index in [1.807, 2.05) is 0 Å². The minimum Gasteiger partial charge on any atom is -0.444 e. The van der Waals surface area contributed by atoms with E-state index < -0.39 is 30.2 Å². The number of benzene rings is 1. The molecule has 4 nitrogen and oxygen atoms in total. The first-order chi connectivity index (χ1) is 9.15. The molecule has 112 valence electrons. The first-order valence-corrected chi connectivity index (χ1v) is 6.28. The lowest BCUT2D eigenvalue weighted by Crippen LogP contribution is -2.46. The molecule has 0 aromatic heterocycles. The predicted molar refractivity (Wildman–Crippen MR) is 72.6 cm³/mol. The van der Waals surface area contributed by atoms with E-state index in [0.29, 0.717) is 0 Å². The summed E-state index contributed by atoms with van der Waals surface area (Å²) in [5.41, 5.74) is 4.62. The van der Waals surface area contributed by atoms with Crippen LogP contribution in [0.25, 0.3) is 0 Å². The zero-order valence-corrected chi connectivity index (χ0v) is 11.8. The molecular weight excluding hydrogens is 266 g/mol. The Morgan fingerprint density at radius 3 is 2.30 bits per heavy atom. The van der Waals surface area contributed by atoms with Gasteiger partial charge in [-0.3, -0.25) is 0 Å². The van der Waals surface area contributed by atoms with Gasteiger partial charge in [-0.05, 0) is 26.3 Å². The molecule has 1 aromatic rings. The molecule has 3 N–H and O–H groups in total. The lowest BCUT2D eigenvalue weighted by molar-refractivity contribution is -0.0338. The number of rotatable bonds is 4. The van der Waals surface area contributed by atoms with Crippen molar-refractivity contribution < 1.29 is 18.3 Å². The van der Waals surface area contributed by atoms with Crippen LogP contribution in [0.1, 0.15) is 32.4 Å². The van der Waals surface area contributed by atoms with Crippen LogP contribution < -0.4 is 11.1 Å². The highest BCUT2D eigenvalue weighted by Gasteiger charge is 2.41. The molecule has 6 heteroatoms. The normalized spacial score (nSPS) is 13.7. The monoisotopic (exact) mass is 286 g/mol. The predicted octanol–water partition coefficient (Wildman–Crippen LogP) is 2.85. The maximum atomic E-state index is 13.9. The Morgan fingerprint density at radius 1 is 1.30 bits per heavy atom. The molecule has 0 radical (unpaired) electrons. The smallest absolute Gasteiger partial charge is 0.408 e. The molecule has 0 spiro atoms. The van der Waals surface area contributed by atoms with Gasteiger partial charge < -0.3 is 15.8 Å². The van der Waals surface area contributed by atoms with Gasteiger partial charge in [0.25, 0.3) is 5.92 Å². The molecule has 1 rings (SSSR count). The molecule has 1 atom stereocenters. The lowest BCUT2D eigenvalue weighted by atomic mass is 10.0. The quantitative estimate of drug-likeness (QED) is 0.894. The third kappa shape index (κ3) is 4.77. The molecule has 1 aromatic carbocycles. The summed E-state index contributed by atoms with van der Waals surface area (Å²) in [5.74, 6) is -3.27. The van der Waals surface area contributed by atoms with Gasteiger partial charge in [0.15, 0.2) is 0 Å². The lowest BCUT2D eigenvalue weighted by Gasteiger charge is -2.28. The largest absolute Gasteiger partial charge is 0.444 e. The summed E-state index contributed by atoms with van der Waals surface area (Å²) in [4.78, 5) is 11.7. The fourth-order valence-electron chi connectivity index (χ4n) is 1.62. The van der Waals surface area contributed by atoms with Crippen molar-refractivity contribution in [2.75, 3.05) is 6.54 Å². The van der Waals surface area contributed by atoms with Crippen LogP contribution in [0.4, 0.5) is 13.6 Å². The maximum absolute atomic E-state index is 13.9. The number of alkyl carbamates (subject to hydrolysis) is 1. The van der Waals surface area contributed by atoms with Crippen molar-refractivity contribution in [3.63, 3.8) is 0 Å². The van der Waals surface area contributed by atoms with Crippen LogP contribution in [0.3, 0.4) is 0 Å². The number of alkyl halides is 2. The van der Waals surface area contributed by atoms with Gasteiger partial charge in [-0.25, -0.2) is 13.6 Å². The number of halogens is 2. The van der Waals surface area contributed by atoms with Crippen molar-refractivity contribution in [2.45, 2.75) is 38.3 Å². The molecular formula is C14H20F2N2O2. The number of ether oxygens (including phenoxy) is 1. The summed E-state index contributed by atoms with van der Waals surface area (Å²) >= 11 is 0. The summed E-state index contributed by atoms with van der Waals surface area (Å²) in [6.45, 7) is 4.10. The number of nitrogens with one attached hydrogen (secondary N) is 1. The Balaban J connectivity index is 2.93. The number of amides is 1. The molecule has 0 saturated heterocycles. The average Bonchev–Trinajstić information content (AvgIpc) is 2.35. The number of carbonyl (C=O) groups excluding carboxylic acids is 1. The van der Waals surface area contributed by atoms with Crippen LogP contribution in [0.15, 0.2) is 30.3 Å². The second-order valence-corrected chi connectivity index (χ2v) is 5.46. The minimum absolute atomic E-state index is 0.272. The molecule has 1 amide bonds. The van der Waals surface area contributed by atoms with Gasteiger partial charge in [-0.1, -0.05) is 30.3 Å². The SMILES string of the molecule is CC(C)(C)OC(=O)NC(c1ccccc1)C(F)(F)CN. The van der Waals surface area contributed by atoms with Crippen molar-refractivity contribution >= 4 is 6.09 Å². The van der Waals surface area contributed by atoms with Crippen LogP contribution in [-0.4, -0.2) is 24.2 Å². The molecule has 0 aliphatic heterocycles. The van der Waals surface area contributed by atoms with Crippen molar-refractivity contribution in [1.82, 2.24) is 5.32 Å². The third-order valence-electron chi connectivity index (χ3n) is 2.49. The number of hydrogen-bond acceptors (Lipinski definition) is 3. The van der Waals surface area contributed by atoms with Gasteiger partial charge >= 0.3 is 6.09 Å². The molecule has 0 bridgehead atoms. The van der Waals surface area contributed by atoms with Crippen molar-refractivity contribution in [1.29, 1.82) is 0 Å². The molecule has 0 saturated carbocycles. The summed E-state index contributed by atoms with van der Waals surface area (Å²) in [6, 6.07) is 6.42. The molecule has 0 aliphatic rings. The van der Waals surface area contributed by atoms with Crippen molar-refractivity contribution in [2.24, 2.45) is 5.73 Å². The van der Waals surface area contributed by atoms with Gasteiger partial charge in [-0.15, -0.1) is 0 Å². The summed E-state index contributed by atoms with van der Waals surface area (Å²) in [7, 11) is 0. The van der Waals surface area contributed by atoms with E-state index in [-0.39, 0.29) is 5.56 Å². The highest BCUT2D eigenvalue weighted by Crippen LogP contribution is 2.30. The second kappa shape index (κ2) is 6.17. The van der Waals surface area contributed by atoms with E-state index in [2.05, 4.69) is 5.32 Å². The highest BCUT2D eigenvalue weighted by molar-refractivity contribution is 5.68. The molecule has 1 unspecified atom stereocenters. The maximum Gasteiger partial charge on any atom is 0.408 e. The molecule has 0 fully saturated rings. The second-order valence-electron chi connectivity index (χ2n) is 5.46. The Kier molecular flexibility index (Phi) is 5.05. The summed E-state index contributed by atoms with van der Waals surface area (Å²) < 4.78 is 32.8. The van der Waals surface area contributed by atoms with E-state index >= 15 is 0 Å². The Bertz CT molecular complexity index is 444. The van der Waals surface area contributed by atoms with Gasteiger partial charge in [0.1, 0.15) is 11.6 Å². The zero-order valence-electron chi connectivity index (χ0n) is 11.8. The van der Waals surface area contributed by atoms with E-state index in [1.54, 1.807) is 39.0 Å². The van der Waals surface area contributed by atoms with Crippen LogP contribution in [-0.2, 0) is 4.74 Å². The molecule has 0 heterocycles. The van der Waals surface area contributed by atoms with Crippen LogP contribution in [0, 0.1) is 0 Å². The number of hydrogen-bond donors (Lipinski definition) is 2. The summed E-state index contributed by atoms with van der Waals surface area (Å²) in [5, 5.41) is 2.19. The van der Waals surface area contributed by atoms with E-state index in [0.717, 1.165) is 0 Å². The van der Waals surface area contributed by atoms with Crippen LogP contribution >= 0.6 is 0 Å². The number of nitrogens with two attached hydrogens (primary N) is 1. The van der Waals surface area contributed by atoms with Gasteiger partial charge in [0, 0.05) is 0 Å². The Morgan fingerprint density at radius 2 is 1.85 bits per heavy atom.